The van der Waals surface area contributed by atoms with Crippen LogP contribution in [0.2, 0.25) is 5.02 Å². The number of halogens is 1. The molecule has 0 unspecified atom stereocenters. The summed E-state index contributed by atoms with van der Waals surface area (Å²) in [6.07, 6.45) is 1.38. The van der Waals surface area contributed by atoms with Gasteiger partial charge >= 0.3 is 0 Å². The zero-order valence-corrected chi connectivity index (χ0v) is 12.6. The first-order valence-electron chi connectivity index (χ1n) is 5.56. The fourth-order valence-electron chi connectivity index (χ4n) is 1.08. The molecule has 110 valence electrons. The van der Waals surface area contributed by atoms with E-state index in [-0.39, 0.29) is 0 Å². The number of carbonyl (C=O) groups excluding carboxylic acids is 1. The largest absolute Gasteiger partial charge is 0.279 e. The van der Waals surface area contributed by atoms with Crippen molar-refractivity contribution in [2.75, 3.05) is 20.6 Å². The highest BCUT2D eigenvalue weighted by Crippen LogP contribution is 2.11. The summed E-state index contributed by atoms with van der Waals surface area (Å²) >= 11 is 5.89. The summed E-state index contributed by atoms with van der Waals surface area (Å²) in [6.45, 7) is -0.402. The van der Waals surface area contributed by atoms with Gasteiger partial charge in [0.1, 0.15) is 0 Å². The Kier molecular flexibility index (Phi) is 6.08. The average Bonchev–Trinajstić information content (AvgIpc) is 2.38. The second-order valence-electron chi connectivity index (χ2n) is 3.92. The number of amides is 1. The second-order valence-corrected chi connectivity index (χ2v) is 6.30. The van der Waals surface area contributed by atoms with Crippen molar-refractivity contribution < 1.29 is 13.2 Å². The lowest BCUT2D eigenvalue weighted by Gasteiger charge is -2.11. The molecule has 1 aromatic carbocycles. The summed E-state index contributed by atoms with van der Waals surface area (Å²) in [5, 5.41) is 4.19. The molecule has 0 radical (unpaired) electrons. The molecular formula is C11H15ClN4O3S. The van der Waals surface area contributed by atoms with E-state index in [4.69, 9.17) is 11.6 Å². The highest BCUT2D eigenvalue weighted by Gasteiger charge is 2.13. The zero-order chi connectivity index (χ0) is 15.2. The molecule has 20 heavy (non-hydrogen) atoms. The van der Waals surface area contributed by atoms with Crippen molar-refractivity contribution in [3.8, 4) is 0 Å². The fourth-order valence-corrected chi connectivity index (χ4v) is 1.84. The Morgan fingerprint density at radius 1 is 1.40 bits per heavy atom. The number of hydrogen-bond donors (Lipinski definition) is 2. The highest BCUT2D eigenvalue weighted by atomic mass is 35.5. The van der Waals surface area contributed by atoms with Crippen LogP contribution >= 0.6 is 11.6 Å². The molecule has 0 fully saturated rings. The third-order valence-corrected chi connectivity index (χ3v) is 4.01. The standard InChI is InChI=1S/C11H15ClN4O3S/c1-16(2)20(18,19)14-8-11(17)15-13-7-9-5-3-4-6-10(9)12/h3-7,14H,8H2,1-2H3,(H,15,17). The lowest BCUT2D eigenvalue weighted by atomic mass is 10.2. The molecule has 0 heterocycles. The number of benzene rings is 1. The van der Waals surface area contributed by atoms with Crippen LogP contribution in [0.5, 0.6) is 0 Å². The molecule has 0 bridgehead atoms. The van der Waals surface area contributed by atoms with Gasteiger partial charge in [-0.1, -0.05) is 29.8 Å². The molecule has 0 aliphatic carbocycles. The van der Waals surface area contributed by atoms with Crippen molar-refractivity contribution in [2.45, 2.75) is 0 Å². The summed E-state index contributed by atoms with van der Waals surface area (Å²) < 4.78 is 25.8. The van der Waals surface area contributed by atoms with Gasteiger partial charge in [-0.15, -0.1) is 0 Å². The van der Waals surface area contributed by atoms with Gasteiger partial charge in [0.05, 0.1) is 12.8 Å². The number of carbonyl (C=O) groups is 1. The van der Waals surface area contributed by atoms with E-state index in [1.807, 2.05) is 0 Å². The number of rotatable bonds is 6. The van der Waals surface area contributed by atoms with Crippen LogP contribution in [0.3, 0.4) is 0 Å². The van der Waals surface area contributed by atoms with Gasteiger partial charge in [-0.25, -0.2) is 5.43 Å². The minimum Gasteiger partial charge on any atom is -0.272 e. The van der Waals surface area contributed by atoms with Crippen molar-refractivity contribution in [3.05, 3.63) is 34.9 Å². The second kappa shape index (κ2) is 7.34. The highest BCUT2D eigenvalue weighted by molar-refractivity contribution is 7.87. The van der Waals surface area contributed by atoms with E-state index in [0.717, 1.165) is 4.31 Å². The minimum atomic E-state index is -3.63. The first-order chi connectivity index (χ1) is 9.33. The van der Waals surface area contributed by atoms with Crippen LogP contribution in [0.1, 0.15) is 5.56 Å². The van der Waals surface area contributed by atoms with Crippen LogP contribution in [0, 0.1) is 0 Å². The molecule has 1 aromatic rings. The summed E-state index contributed by atoms with van der Waals surface area (Å²) in [5.74, 6) is -0.585. The Labute approximate surface area is 122 Å². The van der Waals surface area contributed by atoms with Crippen LogP contribution in [-0.2, 0) is 15.0 Å². The molecule has 0 saturated carbocycles. The van der Waals surface area contributed by atoms with Crippen LogP contribution in [-0.4, -0.2) is 45.5 Å². The monoisotopic (exact) mass is 318 g/mol. The summed E-state index contributed by atoms with van der Waals surface area (Å²) in [5.41, 5.74) is 2.84. The van der Waals surface area contributed by atoms with E-state index in [2.05, 4.69) is 15.2 Å². The predicted molar refractivity (Wildman–Crippen MR) is 77.8 cm³/mol. The molecule has 0 saturated heterocycles. The van der Waals surface area contributed by atoms with Gasteiger partial charge in [-0.3, -0.25) is 4.79 Å². The maximum Gasteiger partial charge on any atom is 0.279 e. The molecule has 9 heteroatoms. The van der Waals surface area contributed by atoms with E-state index < -0.39 is 22.7 Å². The van der Waals surface area contributed by atoms with Crippen LogP contribution in [0.25, 0.3) is 0 Å². The van der Waals surface area contributed by atoms with E-state index in [1.54, 1.807) is 24.3 Å². The summed E-state index contributed by atoms with van der Waals surface area (Å²) in [6, 6.07) is 6.97. The molecular weight excluding hydrogens is 304 g/mol. The molecule has 0 aliphatic heterocycles. The van der Waals surface area contributed by atoms with Crippen molar-refractivity contribution in [1.82, 2.24) is 14.5 Å². The van der Waals surface area contributed by atoms with E-state index >= 15 is 0 Å². The number of nitrogens with one attached hydrogen (secondary N) is 2. The van der Waals surface area contributed by atoms with E-state index in [0.29, 0.717) is 10.6 Å². The van der Waals surface area contributed by atoms with Gasteiger partial charge in [-0.05, 0) is 6.07 Å². The van der Waals surface area contributed by atoms with Gasteiger partial charge in [0.15, 0.2) is 0 Å². The van der Waals surface area contributed by atoms with Gasteiger partial charge in [-0.2, -0.15) is 22.5 Å². The van der Waals surface area contributed by atoms with Crippen LogP contribution < -0.4 is 10.1 Å². The average molecular weight is 319 g/mol. The van der Waals surface area contributed by atoms with E-state index in [9.17, 15) is 13.2 Å². The normalized spacial score (nSPS) is 12.0. The molecule has 2 N–H and O–H groups in total. The summed E-state index contributed by atoms with van der Waals surface area (Å²) in [7, 11) is -0.914. The molecule has 1 amide bonds. The molecule has 0 aromatic heterocycles. The quantitative estimate of drug-likeness (QED) is 0.579. The topological polar surface area (TPSA) is 90.9 Å². The molecule has 0 aliphatic rings. The van der Waals surface area contributed by atoms with Crippen molar-refractivity contribution in [2.24, 2.45) is 5.10 Å². The Balaban J connectivity index is 2.47. The predicted octanol–water partition coefficient (Wildman–Crippen LogP) is 0.186. The maximum atomic E-state index is 11.4. The van der Waals surface area contributed by atoms with Crippen LogP contribution in [0.15, 0.2) is 29.4 Å². The third kappa shape index (κ3) is 5.25. The van der Waals surface area contributed by atoms with Gasteiger partial charge in [0, 0.05) is 24.7 Å². The lowest BCUT2D eigenvalue weighted by molar-refractivity contribution is -0.119. The Bertz CT molecular complexity index is 601. The first-order valence-corrected chi connectivity index (χ1v) is 7.38. The SMILES string of the molecule is CN(C)S(=O)(=O)NCC(=O)NN=Cc1ccccc1Cl. The van der Waals surface area contributed by atoms with E-state index in [1.165, 1.54) is 20.3 Å². The van der Waals surface area contributed by atoms with Crippen LogP contribution in [0.4, 0.5) is 0 Å². The van der Waals surface area contributed by atoms with Gasteiger partial charge in [0.25, 0.3) is 16.1 Å². The van der Waals surface area contributed by atoms with Crippen molar-refractivity contribution in [3.63, 3.8) is 0 Å². The molecule has 1 rings (SSSR count). The molecule has 0 spiro atoms. The minimum absolute atomic E-state index is 0.402. The Morgan fingerprint density at radius 2 is 2.05 bits per heavy atom. The number of nitrogens with zero attached hydrogens (tertiary/aromatic N) is 2. The van der Waals surface area contributed by atoms with Gasteiger partial charge in [0.2, 0.25) is 0 Å². The Hall–Kier alpha value is -1.48. The fraction of sp³-hybridized carbons (Fsp3) is 0.273. The molecule has 0 atom stereocenters. The summed E-state index contributed by atoms with van der Waals surface area (Å²) in [4.78, 5) is 11.4. The number of hydrogen-bond acceptors (Lipinski definition) is 4. The first kappa shape index (κ1) is 16.6. The third-order valence-electron chi connectivity index (χ3n) is 2.19. The molecule has 7 nitrogen and oxygen atoms in total. The van der Waals surface area contributed by atoms with Gasteiger partial charge < -0.3 is 0 Å². The van der Waals surface area contributed by atoms with Crippen molar-refractivity contribution in [1.29, 1.82) is 0 Å². The zero-order valence-electron chi connectivity index (χ0n) is 11.0. The smallest absolute Gasteiger partial charge is 0.272 e. The Morgan fingerprint density at radius 3 is 2.65 bits per heavy atom. The lowest BCUT2D eigenvalue weighted by Crippen LogP contribution is -2.41. The number of hydrazone groups is 1. The van der Waals surface area contributed by atoms with Crippen molar-refractivity contribution >= 4 is 33.9 Å². The maximum absolute atomic E-state index is 11.4.